The van der Waals surface area contributed by atoms with Gasteiger partial charge in [0.15, 0.2) is 5.11 Å². The van der Waals surface area contributed by atoms with Crippen LogP contribution in [0.2, 0.25) is 0 Å². The first-order valence-corrected chi connectivity index (χ1v) is 12.3. The van der Waals surface area contributed by atoms with Crippen molar-refractivity contribution in [2.24, 2.45) is 0 Å². The van der Waals surface area contributed by atoms with E-state index in [1.165, 1.54) is 18.4 Å². The van der Waals surface area contributed by atoms with Crippen LogP contribution < -0.4 is 20.1 Å². The second kappa shape index (κ2) is 12.3. The number of carbonyl (C=O) groups is 1. The molecular weight excluding hydrogens is 478 g/mol. The molecule has 0 bridgehead atoms. The van der Waals surface area contributed by atoms with Gasteiger partial charge in [0.05, 0.1) is 24.3 Å². The molecule has 0 spiro atoms. The van der Waals surface area contributed by atoms with Crippen LogP contribution in [0.1, 0.15) is 23.0 Å². The summed E-state index contributed by atoms with van der Waals surface area (Å²) in [6.07, 6.45) is 1.47. The minimum atomic E-state index is -3.71. The van der Waals surface area contributed by atoms with Crippen LogP contribution in [0.3, 0.4) is 0 Å². The van der Waals surface area contributed by atoms with Gasteiger partial charge in [0.25, 0.3) is 5.91 Å². The van der Waals surface area contributed by atoms with Gasteiger partial charge in [0, 0.05) is 17.9 Å². The van der Waals surface area contributed by atoms with E-state index in [4.69, 9.17) is 26.1 Å². The van der Waals surface area contributed by atoms with Gasteiger partial charge >= 0.3 is 0 Å². The second-order valence-electron chi connectivity index (χ2n) is 6.91. The third-order valence-electron chi connectivity index (χ3n) is 4.46. The summed E-state index contributed by atoms with van der Waals surface area (Å²) in [5, 5.41) is 5.52. The molecule has 0 atom stereocenters. The first kappa shape index (κ1) is 25.4. The Labute approximate surface area is 203 Å². The van der Waals surface area contributed by atoms with Gasteiger partial charge < -0.3 is 19.2 Å². The van der Waals surface area contributed by atoms with E-state index in [-0.39, 0.29) is 16.6 Å². The van der Waals surface area contributed by atoms with Gasteiger partial charge in [-0.05, 0) is 73.7 Å². The van der Waals surface area contributed by atoms with E-state index in [2.05, 4.69) is 15.4 Å². The number of hydrogen-bond acceptors (Lipinski definition) is 7. The van der Waals surface area contributed by atoms with Gasteiger partial charge in [-0.25, -0.2) is 13.1 Å². The van der Waals surface area contributed by atoms with Crippen LogP contribution in [0.25, 0.3) is 0 Å². The Morgan fingerprint density at radius 2 is 1.85 bits per heavy atom. The number of thiocarbonyl (C=S) groups is 1. The molecule has 3 aromatic rings. The molecular formula is C23H25N3O6S2. The molecule has 0 radical (unpaired) electrons. The van der Waals surface area contributed by atoms with Crippen LogP contribution >= 0.6 is 12.2 Å². The van der Waals surface area contributed by atoms with Crippen LogP contribution in [0.5, 0.6) is 5.75 Å². The number of furan rings is 1. The summed E-state index contributed by atoms with van der Waals surface area (Å²) in [6, 6.07) is 16.0. The highest BCUT2D eigenvalue weighted by atomic mass is 32.2. The van der Waals surface area contributed by atoms with E-state index < -0.39 is 15.9 Å². The van der Waals surface area contributed by atoms with Gasteiger partial charge in [-0.2, -0.15) is 0 Å². The van der Waals surface area contributed by atoms with E-state index in [1.54, 1.807) is 48.5 Å². The molecule has 0 aliphatic rings. The minimum Gasteiger partial charge on any atom is -0.491 e. The molecule has 180 valence electrons. The highest BCUT2D eigenvalue weighted by Gasteiger charge is 2.15. The Balaban J connectivity index is 1.52. The number of amides is 1. The Morgan fingerprint density at radius 1 is 1.06 bits per heavy atom. The van der Waals surface area contributed by atoms with Crippen LogP contribution in [-0.4, -0.2) is 39.3 Å². The average molecular weight is 504 g/mol. The zero-order valence-electron chi connectivity index (χ0n) is 18.4. The summed E-state index contributed by atoms with van der Waals surface area (Å²) in [7, 11) is -3.71. The number of anilines is 1. The zero-order chi connectivity index (χ0) is 24.4. The van der Waals surface area contributed by atoms with E-state index in [1.807, 2.05) is 6.92 Å². The predicted octanol–water partition coefficient (Wildman–Crippen LogP) is 3.30. The maximum atomic E-state index is 12.5. The van der Waals surface area contributed by atoms with Crippen molar-refractivity contribution in [3.05, 3.63) is 78.3 Å². The molecule has 3 N–H and O–H groups in total. The second-order valence-corrected chi connectivity index (χ2v) is 9.08. The highest BCUT2D eigenvalue weighted by Crippen LogP contribution is 2.16. The van der Waals surface area contributed by atoms with Gasteiger partial charge in [0.1, 0.15) is 18.1 Å². The third-order valence-corrected chi connectivity index (χ3v) is 6.08. The first-order chi connectivity index (χ1) is 16.4. The van der Waals surface area contributed by atoms with E-state index >= 15 is 0 Å². The quantitative estimate of drug-likeness (QED) is 0.269. The van der Waals surface area contributed by atoms with Crippen molar-refractivity contribution in [1.29, 1.82) is 0 Å². The van der Waals surface area contributed by atoms with E-state index in [0.717, 1.165) is 0 Å². The Hall–Kier alpha value is -3.25. The minimum absolute atomic E-state index is 0.0458. The standard InChI is InChI=1S/C23H25N3O6S2/c1-2-30-13-14-32-19-6-3-5-17(15-19)22(27)26-23(33)25-18-8-10-21(11-9-18)34(28,29)24-16-20-7-4-12-31-20/h3-12,15,24H,2,13-14,16H2,1H3,(H2,25,26,27,33). The fourth-order valence-electron chi connectivity index (χ4n) is 2.81. The summed E-state index contributed by atoms with van der Waals surface area (Å²) in [5.41, 5.74) is 0.894. The molecule has 1 heterocycles. The van der Waals surface area contributed by atoms with Crippen LogP contribution in [0.15, 0.2) is 76.2 Å². The van der Waals surface area contributed by atoms with Crippen molar-refractivity contribution < 1.29 is 27.1 Å². The van der Waals surface area contributed by atoms with Gasteiger partial charge in [-0.1, -0.05) is 6.07 Å². The number of ether oxygens (including phenoxy) is 2. The summed E-state index contributed by atoms with van der Waals surface area (Å²) in [4.78, 5) is 12.6. The van der Waals surface area contributed by atoms with Crippen molar-refractivity contribution >= 4 is 38.9 Å². The van der Waals surface area contributed by atoms with Crippen molar-refractivity contribution in [3.63, 3.8) is 0 Å². The molecule has 11 heteroatoms. The van der Waals surface area contributed by atoms with Crippen LogP contribution in [0, 0.1) is 0 Å². The van der Waals surface area contributed by atoms with Crippen LogP contribution in [-0.2, 0) is 21.3 Å². The molecule has 0 saturated heterocycles. The largest absolute Gasteiger partial charge is 0.491 e. The van der Waals surface area contributed by atoms with E-state index in [9.17, 15) is 13.2 Å². The molecule has 1 amide bonds. The molecule has 3 rings (SSSR count). The SMILES string of the molecule is CCOCCOc1cccc(C(=O)NC(=S)Nc2ccc(S(=O)(=O)NCc3ccco3)cc2)c1. The first-order valence-electron chi connectivity index (χ1n) is 10.4. The number of benzene rings is 2. The molecule has 1 aromatic heterocycles. The molecule has 0 aliphatic heterocycles. The monoisotopic (exact) mass is 503 g/mol. The van der Waals surface area contributed by atoms with Crippen molar-refractivity contribution in [3.8, 4) is 5.75 Å². The lowest BCUT2D eigenvalue weighted by atomic mass is 10.2. The Bertz CT molecular complexity index is 1200. The Kier molecular flexibility index (Phi) is 9.16. The summed E-state index contributed by atoms with van der Waals surface area (Å²) < 4.78 is 43.2. The molecule has 0 saturated carbocycles. The molecule has 0 unspecified atom stereocenters. The molecule has 9 nitrogen and oxygen atoms in total. The average Bonchev–Trinajstić information content (AvgIpc) is 3.35. The summed E-state index contributed by atoms with van der Waals surface area (Å²) in [5.74, 6) is 0.642. The normalized spacial score (nSPS) is 11.1. The summed E-state index contributed by atoms with van der Waals surface area (Å²) in [6.45, 7) is 3.39. The Morgan fingerprint density at radius 3 is 2.56 bits per heavy atom. The van der Waals surface area contributed by atoms with Gasteiger partial charge in [0.2, 0.25) is 10.0 Å². The van der Waals surface area contributed by atoms with Crippen LogP contribution in [0.4, 0.5) is 5.69 Å². The molecule has 0 fully saturated rings. The maximum Gasteiger partial charge on any atom is 0.257 e. The van der Waals surface area contributed by atoms with Gasteiger partial charge in [-0.15, -0.1) is 0 Å². The lowest BCUT2D eigenvalue weighted by molar-refractivity contribution is 0.0976. The lowest BCUT2D eigenvalue weighted by Crippen LogP contribution is -2.34. The smallest absolute Gasteiger partial charge is 0.257 e. The number of hydrogen-bond donors (Lipinski definition) is 3. The van der Waals surface area contributed by atoms with E-state index in [0.29, 0.717) is 42.6 Å². The fourth-order valence-corrected chi connectivity index (χ4v) is 4.01. The zero-order valence-corrected chi connectivity index (χ0v) is 20.1. The maximum absolute atomic E-state index is 12.5. The highest BCUT2D eigenvalue weighted by molar-refractivity contribution is 7.89. The predicted molar refractivity (Wildman–Crippen MR) is 131 cm³/mol. The lowest BCUT2D eigenvalue weighted by Gasteiger charge is -2.11. The number of sulfonamides is 1. The topological polar surface area (TPSA) is 119 Å². The molecule has 2 aromatic carbocycles. The molecule has 34 heavy (non-hydrogen) atoms. The molecule has 0 aliphatic carbocycles. The summed E-state index contributed by atoms with van der Waals surface area (Å²) >= 11 is 5.21. The van der Waals surface area contributed by atoms with Gasteiger partial charge in [-0.3, -0.25) is 10.1 Å². The van der Waals surface area contributed by atoms with Crippen molar-refractivity contribution in [1.82, 2.24) is 10.0 Å². The van der Waals surface area contributed by atoms with Crippen molar-refractivity contribution in [2.75, 3.05) is 25.1 Å². The fraction of sp³-hybridized carbons (Fsp3) is 0.217. The third kappa shape index (κ3) is 7.66. The van der Waals surface area contributed by atoms with Crippen molar-refractivity contribution in [2.45, 2.75) is 18.4 Å². The number of nitrogens with one attached hydrogen (secondary N) is 3. The number of carbonyl (C=O) groups excluding carboxylic acids is 1. The number of rotatable bonds is 11.